The van der Waals surface area contributed by atoms with E-state index >= 15 is 0 Å². The van der Waals surface area contributed by atoms with Crippen LogP contribution in [0.3, 0.4) is 0 Å². The predicted octanol–water partition coefficient (Wildman–Crippen LogP) is 1.86. The van der Waals surface area contributed by atoms with E-state index in [4.69, 9.17) is 4.74 Å². The van der Waals surface area contributed by atoms with Crippen molar-refractivity contribution >= 4 is 11.8 Å². The van der Waals surface area contributed by atoms with E-state index in [1.807, 2.05) is 11.8 Å². The molecule has 3 atom stereocenters. The zero-order valence-corrected chi connectivity index (χ0v) is 14.8. The fourth-order valence-electron chi connectivity index (χ4n) is 3.63. The Bertz CT molecular complexity index is 467. The number of nitrogens with zero attached hydrogens (tertiary/aromatic N) is 2. The number of aliphatic hydroxyl groups excluding tert-OH is 1. The Hall–Kier alpha value is -0.590. The molecule has 1 aromatic carbocycles. The highest BCUT2D eigenvalue weighted by Crippen LogP contribution is 2.35. The maximum Gasteiger partial charge on any atom is 0.0794 e. The molecule has 2 heterocycles. The molecule has 0 radical (unpaired) electrons. The highest BCUT2D eigenvalue weighted by atomic mass is 32.2. The van der Waals surface area contributed by atoms with Crippen LogP contribution in [0.4, 0.5) is 0 Å². The van der Waals surface area contributed by atoms with Gasteiger partial charge in [-0.15, -0.1) is 0 Å². The van der Waals surface area contributed by atoms with Gasteiger partial charge >= 0.3 is 0 Å². The maximum atomic E-state index is 10.6. The lowest BCUT2D eigenvalue weighted by Crippen LogP contribution is -2.48. The van der Waals surface area contributed by atoms with Crippen LogP contribution in [0.1, 0.15) is 18.5 Å². The Morgan fingerprint density at radius 1 is 1.17 bits per heavy atom. The highest BCUT2D eigenvalue weighted by Gasteiger charge is 2.31. The summed E-state index contributed by atoms with van der Waals surface area (Å²) in [5.74, 6) is 1.15. The molecular formula is C18H28N2O2S. The van der Waals surface area contributed by atoms with Gasteiger partial charge in [-0.05, 0) is 5.56 Å². The second-order valence-corrected chi connectivity index (χ2v) is 7.98. The standard InChI is InChI=1S/C18H28N2O2S/c1-15-18(16-5-3-2-4-6-16)20(9-12-23-15)14-17(21)13-19-7-10-22-11-8-19/h2-6,15,17-18,21H,7-14H2,1H3/t15-,17-,18+/m0/s1. The molecule has 2 aliphatic heterocycles. The average molecular weight is 337 g/mol. The first-order valence-corrected chi connectivity index (χ1v) is 9.67. The molecule has 0 unspecified atom stereocenters. The van der Waals surface area contributed by atoms with Crippen LogP contribution in [0.2, 0.25) is 0 Å². The topological polar surface area (TPSA) is 35.9 Å². The Labute approximate surface area is 143 Å². The molecule has 5 heteroatoms. The number of rotatable bonds is 5. The lowest BCUT2D eigenvalue weighted by Gasteiger charge is -2.41. The van der Waals surface area contributed by atoms with E-state index in [9.17, 15) is 5.11 Å². The van der Waals surface area contributed by atoms with Crippen molar-refractivity contribution in [1.29, 1.82) is 0 Å². The molecule has 1 aromatic rings. The second-order valence-electron chi connectivity index (χ2n) is 6.49. The lowest BCUT2D eigenvalue weighted by atomic mass is 10.0. The van der Waals surface area contributed by atoms with Crippen LogP contribution >= 0.6 is 11.8 Å². The number of ether oxygens (including phenoxy) is 1. The molecule has 2 fully saturated rings. The molecule has 3 rings (SSSR count). The summed E-state index contributed by atoms with van der Waals surface area (Å²) in [4.78, 5) is 4.79. The van der Waals surface area contributed by atoms with Crippen molar-refractivity contribution in [3.8, 4) is 0 Å². The van der Waals surface area contributed by atoms with Gasteiger partial charge in [0.05, 0.1) is 19.3 Å². The zero-order chi connectivity index (χ0) is 16.1. The van der Waals surface area contributed by atoms with Gasteiger partial charge in [-0.3, -0.25) is 9.80 Å². The average Bonchev–Trinajstić information content (AvgIpc) is 2.56. The van der Waals surface area contributed by atoms with Crippen LogP contribution in [0, 0.1) is 0 Å². The lowest BCUT2D eigenvalue weighted by molar-refractivity contribution is 0.00313. The monoisotopic (exact) mass is 336 g/mol. The van der Waals surface area contributed by atoms with Crippen molar-refractivity contribution in [3.63, 3.8) is 0 Å². The largest absolute Gasteiger partial charge is 0.390 e. The summed E-state index contributed by atoms with van der Waals surface area (Å²) in [5.41, 5.74) is 1.37. The van der Waals surface area contributed by atoms with Gasteiger partial charge in [0.1, 0.15) is 0 Å². The van der Waals surface area contributed by atoms with E-state index < -0.39 is 0 Å². The molecule has 4 nitrogen and oxygen atoms in total. The summed E-state index contributed by atoms with van der Waals surface area (Å²) < 4.78 is 5.38. The number of morpholine rings is 1. The molecule has 0 amide bonds. The van der Waals surface area contributed by atoms with Crippen LogP contribution in [0.25, 0.3) is 0 Å². The molecule has 0 bridgehead atoms. The first-order chi connectivity index (χ1) is 11.2. The van der Waals surface area contributed by atoms with Crippen LogP contribution in [0.15, 0.2) is 30.3 Å². The number of thioether (sulfide) groups is 1. The summed E-state index contributed by atoms with van der Waals surface area (Å²) >= 11 is 2.04. The molecule has 2 saturated heterocycles. The molecule has 0 aromatic heterocycles. The van der Waals surface area contributed by atoms with Crippen LogP contribution < -0.4 is 0 Å². The van der Waals surface area contributed by atoms with Crippen LogP contribution in [-0.4, -0.2) is 78.0 Å². The molecule has 0 spiro atoms. The number of hydrogen-bond donors (Lipinski definition) is 1. The Morgan fingerprint density at radius 3 is 2.65 bits per heavy atom. The van der Waals surface area contributed by atoms with Crippen LogP contribution in [-0.2, 0) is 4.74 Å². The molecule has 1 N–H and O–H groups in total. The van der Waals surface area contributed by atoms with Gasteiger partial charge in [0.2, 0.25) is 0 Å². The van der Waals surface area contributed by atoms with Gasteiger partial charge in [0.15, 0.2) is 0 Å². The van der Waals surface area contributed by atoms with Crippen molar-refractivity contribution in [2.24, 2.45) is 0 Å². The second kappa shape index (κ2) is 8.49. The Morgan fingerprint density at radius 2 is 1.91 bits per heavy atom. The molecule has 128 valence electrons. The first kappa shape index (κ1) is 17.2. The van der Waals surface area contributed by atoms with E-state index in [2.05, 4.69) is 47.1 Å². The van der Waals surface area contributed by atoms with E-state index in [0.717, 1.165) is 51.7 Å². The van der Waals surface area contributed by atoms with Crippen molar-refractivity contribution < 1.29 is 9.84 Å². The van der Waals surface area contributed by atoms with Gasteiger partial charge in [0, 0.05) is 49.8 Å². The zero-order valence-electron chi connectivity index (χ0n) is 13.9. The Kier molecular flexibility index (Phi) is 6.36. The number of aliphatic hydroxyl groups is 1. The summed E-state index contributed by atoms with van der Waals surface area (Å²) in [6.45, 7) is 8.31. The minimum absolute atomic E-state index is 0.297. The maximum absolute atomic E-state index is 10.6. The van der Waals surface area contributed by atoms with Crippen molar-refractivity contribution in [2.45, 2.75) is 24.3 Å². The molecule has 0 aliphatic carbocycles. The van der Waals surface area contributed by atoms with Gasteiger partial charge < -0.3 is 9.84 Å². The summed E-state index contributed by atoms with van der Waals surface area (Å²) in [6, 6.07) is 11.1. The van der Waals surface area contributed by atoms with Gasteiger partial charge in [-0.2, -0.15) is 11.8 Å². The quantitative estimate of drug-likeness (QED) is 0.888. The van der Waals surface area contributed by atoms with E-state index in [0.29, 0.717) is 11.3 Å². The minimum atomic E-state index is -0.297. The normalized spacial score (nSPS) is 28.6. The van der Waals surface area contributed by atoms with Crippen LogP contribution in [0.5, 0.6) is 0 Å². The molecule has 23 heavy (non-hydrogen) atoms. The van der Waals surface area contributed by atoms with E-state index in [1.54, 1.807) is 0 Å². The molecule has 2 aliphatic rings. The third kappa shape index (κ3) is 4.70. The van der Waals surface area contributed by atoms with Crippen molar-refractivity contribution in [2.75, 3.05) is 51.7 Å². The first-order valence-electron chi connectivity index (χ1n) is 8.63. The van der Waals surface area contributed by atoms with E-state index in [-0.39, 0.29) is 6.10 Å². The number of β-amino-alcohol motifs (C(OH)–C–C–N with tert-alkyl or cyclic N) is 1. The highest BCUT2D eigenvalue weighted by molar-refractivity contribution is 8.00. The third-order valence-corrected chi connectivity index (χ3v) is 5.96. The van der Waals surface area contributed by atoms with E-state index in [1.165, 1.54) is 5.56 Å². The summed E-state index contributed by atoms with van der Waals surface area (Å²) in [7, 11) is 0. The fraction of sp³-hybridized carbons (Fsp3) is 0.667. The number of benzene rings is 1. The third-order valence-electron chi connectivity index (χ3n) is 4.76. The smallest absolute Gasteiger partial charge is 0.0794 e. The van der Waals surface area contributed by atoms with Gasteiger partial charge in [-0.1, -0.05) is 37.3 Å². The van der Waals surface area contributed by atoms with Crippen molar-refractivity contribution in [3.05, 3.63) is 35.9 Å². The Balaban J connectivity index is 1.61. The fourth-order valence-corrected chi connectivity index (χ4v) is 4.85. The van der Waals surface area contributed by atoms with Gasteiger partial charge in [-0.25, -0.2) is 0 Å². The number of hydrogen-bond acceptors (Lipinski definition) is 5. The SMILES string of the molecule is C[C@@H]1SCCN(C[C@@H](O)CN2CCOCC2)[C@H]1c1ccccc1. The summed E-state index contributed by atoms with van der Waals surface area (Å²) in [5, 5.41) is 11.1. The minimum Gasteiger partial charge on any atom is -0.390 e. The van der Waals surface area contributed by atoms with Crippen molar-refractivity contribution in [1.82, 2.24) is 9.80 Å². The van der Waals surface area contributed by atoms with Gasteiger partial charge in [0.25, 0.3) is 0 Å². The molecule has 0 saturated carbocycles. The molecular weight excluding hydrogens is 308 g/mol. The summed E-state index contributed by atoms with van der Waals surface area (Å²) in [6.07, 6.45) is -0.297. The predicted molar refractivity (Wildman–Crippen MR) is 95.9 cm³/mol.